The third kappa shape index (κ3) is 2.46. The van der Waals surface area contributed by atoms with Gasteiger partial charge in [0.2, 0.25) is 0 Å². The first-order valence-electron chi connectivity index (χ1n) is 4.21. The van der Waals surface area contributed by atoms with Crippen molar-refractivity contribution in [3.8, 4) is 0 Å². The summed E-state index contributed by atoms with van der Waals surface area (Å²) in [5, 5.41) is 0. The van der Waals surface area contributed by atoms with Crippen molar-refractivity contribution in [2.45, 2.75) is 13.0 Å². The highest BCUT2D eigenvalue weighted by molar-refractivity contribution is 9.10. The van der Waals surface area contributed by atoms with E-state index in [0.717, 1.165) is 6.54 Å². The first kappa shape index (κ1) is 11.0. The lowest BCUT2D eigenvalue weighted by Crippen LogP contribution is -2.26. The monoisotopic (exact) mass is 261 g/mol. The second-order valence-electron chi connectivity index (χ2n) is 3.40. The van der Waals surface area contributed by atoms with E-state index in [9.17, 15) is 0 Å². The number of fused-ring (bicyclic) bond motifs is 1. The highest BCUT2D eigenvalue weighted by Gasteiger charge is 2.12. The molecule has 1 heterocycles. The number of hydrogen-bond donors (Lipinski definition) is 0. The molecule has 0 atom stereocenters. The maximum atomic E-state index is 3.49. The van der Waals surface area contributed by atoms with E-state index in [4.69, 9.17) is 0 Å². The van der Waals surface area contributed by atoms with E-state index >= 15 is 0 Å². The summed E-state index contributed by atoms with van der Waals surface area (Å²) in [7, 11) is 2.17. The quantitative estimate of drug-likeness (QED) is 0.695. The average Bonchev–Trinajstić information content (AvgIpc) is 2.05. The molecular weight excluding hydrogens is 249 g/mol. The fourth-order valence-electron chi connectivity index (χ4n) is 1.66. The molecule has 0 fully saturated rings. The lowest BCUT2D eigenvalue weighted by Gasteiger charge is -2.24. The lowest BCUT2D eigenvalue weighted by atomic mass is 10.0. The molecule has 0 spiro atoms. The maximum absolute atomic E-state index is 3.49. The van der Waals surface area contributed by atoms with Gasteiger partial charge >= 0.3 is 0 Å². The van der Waals surface area contributed by atoms with Gasteiger partial charge in [0.15, 0.2) is 0 Å². The molecule has 0 saturated heterocycles. The molecule has 1 aliphatic rings. The molecule has 0 N–H and O–H groups in total. The highest BCUT2D eigenvalue weighted by Crippen LogP contribution is 2.21. The van der Waals surface area contributed by atoms with Gasteiger partial charge in [-0.2, -0.15) is 0 Å². The Morgan fingerprint density at radius 1 is 1.31 bits per heavy atom. The average molecular weight is 263 g/mol. The van der Waals surface area contributed by atoms with Crippen molar-refractivity contribution in [1.29, 1.82) is 0 Å². The van der Waals surface area contributed by atoms with Crippen molar-refractivity contribution < 1.29 is 0 Å². The molecule has 0 saturated carbocycles. The van der Waals surface area contributed by atoms with Crippen LogP contribution < -0.4 is 0 Å². The molecule has 3 heteroatoms. The minimum Gasteiger partial charge on any atom is -0.302 e. The van der Waals surface area contributed by atoms with Crippen LogP contribution in [0.3, 0.4) is 0 Å². The van der Waals surface area contributed by atoms with Crippen LogP contribution in [0.5, 0.6) is 0 Å². The molecule has 1 aromatic rings. The van der Waals surface area contributed by atoms with E-state index in [0.29, 0.717) is 0 Å². The van der Waals surface area contributed by atoms with Crippen LogP contribution in [0.25, 0.3) is 0 Å². The molecule has 0 bridgehead atoms. The minimum absolute atomic E-state index is 0. The molecule has 1 aromatic carbocycles. The fourth-order valence-corrected chi connectivity index (χ4v) is 2.07. The Bertz CT molecular complexity index is 301. The van der Waals surface area contributed by atoms with Crippen LogP contribution in [0.15, 0.2) is 22.7 Å². The van der Waals surface area contributed by atoms with Gasteiger partial charge in [0, 0.05) is 17.6 Å². The van der Waals surface area contributed by atoms with Crippen molar-refractivity contribution >= 4 is 28.3 Å². The smallest absolute Gasteiger partial charge is 0.0233 e. The zero-order valence-electron chi connectivity index (χ0n) is 7.59. The fraction of sp³-hybridized carbons (Fsp3) is 0.400. The van der Waals surface area contributed by atoms with Crippen LogP contribution >= 0.6 is 28.3 Å². The zero-order chi connectivity index (χ0) is 8.55. The van der Waals surface area contributed by atoms with E-state index in [1.807, 2.05) is 0 Å². The van der Waals surface area contributed by atoms with Crippen molar-refractivity contribution in [3.63, 3.8) is 0 Å². The first-order chi connectivity index (χ1) is 5.75. The van der Waals surface area contributed by atoms with Gasteiger partial charge in [-0.25, -0.2) is 0 Å². The summed E-state index contributed by atoms with van der Waals surface area (Å²) in [6.07, 6.45) is 1.19. The van der Waals surface area contributed by atoms with Crippen LogP contribution in [-0.2, 0) is 13.0 Å². The van der Waals surface area contributed by atoms with Gasteiger partial charge in [-0.05, 0) is 36.7 Å². The summed E-state index contributed by atoms with van der Waals surface area (Å²) < 4.78 is 1.20. The SMILES string of the molecule is CN1CCc2cc(Br)ccc2C1.Cl. The highest BCUT2D eigenvalue weighted by atomic mass is 79.9. The van der Waals surface area contributed by atoms with E-state index in [2.05, 4.69) is 46.1 Å². The van der Waals surface area contributed by atoms with Crippen molar-refractivity contribution in [3.05, 3.63) is 33.8 Å². The zero-order valence-corrected chi connectivity index (χ0v) is 9.99. The Kier molecular flexibility index (Phi) is 3.77. The minimum atomic E-state index is 0. The molecule has 1 nitrogen and oxygen atoms in total. The standard InChI is InChI=1S/C10H12BrN.ClH/c1-12-5-4-8-6-10(11)3-2-9(8)7-12;/h2-3,6H,4-5,7H2,1H3;1H. The Morgan fingerprint density at radius 2 is 2.08 bits per heavy atom. The van der Waals surface area contributed by atoms with Crippen LogP contribution in [0.2, 0.25) is 0 Å². The molecule has 0 radical (unpaired) electrons. The summed E-state index contributed by atoms with van der Waals surface area (Å²) >= 11 is 3.49. The number of halogens is 2. The second kappa shape index (κ2) is 4.45. The first-order valence-corrected chi connectivity index (χ1v) is 5.01. The van der Waals surface area contributed by atoms with Gasteiger partial charge < -0.3 is 4.90 Å². The molecule has 72 valence electrons. The normalized spacial score (nSPS) is 16.2. The number of likely N-dealkylation sites (N-methyl/N-ethyl adjacent to an activating group) is 1. The molecule has 2 rings (SSSR count). The number of hydrogen-bond acceptors (Lipinski definition) is 1. The maximum Gasteiger partial charge on any atom is 0.0233 e. The van der Waals surface area contributed by atoms with E-state index in [1.54, 1.807) is 0 Å². The molecular formula is C10H13BrClN. The van der Waals surface area contributed by atoms with Gasteiger partial charge in [-0.1, -0.05) is 22.0 Å². The summed E-state index contributed by atoms with van der Waals surface area (Å²) in [4.78, 5) is 2.36. The van der Waals surface area contributed by atoms with Crippen molar-refractivity contribution in [2.24, 2.45) is 0 Å². The largest absolute Gasteiger partial charge is 0.302 e. The molecule has 0 amide bonds. The van der Waals surface area contributed by atoms with E-state index < -0.39 is 0 Å². The summed E-state index contributed by atoms with van der Waals surface area (Å²) in [5.41, 5.74) is 2.98. The van der Waals surface area contributed by atoms with Crippen LogP contribution in [0.1, 0.15) is 11.1 Å². The molecule has 13 heavy (non-hydrogen) atoms. The van der Waals surface area contributed by atoms with Gasteiger partial charge in [0.25, 0.3) is 0 Å². The lowest BCUT2D eigenvalue weighted by molar-refractivity contribution is 0.313. The van der Waals surface area contributed by atoms with Crippen LogP contribution in [-0.4, -0.2) is 18.5 Å². The Hall–Kier alpha value is -0.0500. The van der Waals surface area contributed by atoms with Gasteiger partial charge in [0.1, 0.15) is 0 Å². The van der Waals surface area contributed by atoms with Crippen molar-refractivity contribution in [2.75, 3.05) is 13.6 Å². The molecule has 1 aliphatic heterocycles. The second-order valence-corrected chi connectivity index (χ2v) is 4.32. The van der Waals surface area contributed by atoms with Gasteiger partial charge in [0.05, 0.1) is 0 Å². The predicted octanol–water partition coefficient (Wildman–Crippen LogP) is 2.86. The topological polar surface area (TPSA) is 3.24 Å². The summed E-state index contributed by atoms with van der Waals surface area (Å²) in [5.74, 6) is 0. The number of rotatable bonds is 0. The Balaban J connectivity index is 0.000000845. The van der Waals surface area contributed by atoms with Crippen molar-refractivity contribution in [1.82, 2.24) is 4.90 Å². The van der Waals surface area contributed by atoms with Crippen LogP contribution in [0.4, 0.5) is 0 Å². The van der Waals surface area contributed by atoms with E-state index in [1.165, 1.54) is 28.6 Å². The van der Waals surface area contributed by atoms with E-state index in [-0.39, 0.29) is 12.4 Å². The predicted molar refractivity (Wildman–Crippen MR) is 61.4 cm³/mol. The van der Waals surface area contributed by atoms with Gasteiger partial charge in [-0.15, -0.1) is 12.4 Å². The molecule has 0 aromatic heterocycles. The third-order valence-corrected chi connectivity index (χ3v) is 2.86. The Labute approximate surface area is 93.7 Å². The summed E-state index contributed by atoms with van der Waals surface area (Å²) in [6.45, 7) is 2.28. The third-order valence-electron chi connectivity index (χ3n) is 2.37. The number of benzene rings is 1. The molecule has 0 unspecified atom stereocenters. The molecule has 0 aliphatic carbocycles. The van der Waals surface area contributed by atoms with Gasteiger partial charge in [-0.3, -0.25) is 0 Å². The van der Waals surface area contributed by atoms with Crippen LogP contribution in [0, 0.1) is 0 Å². The summed E-state index contributed by atoms with van der Waals surface area (Å²) in [6, 6.07) is 6.58. The number of nitrogens with zero attached hydrogens (tertiary/aromatic N) is 1. The Morgan fingerprint density at radius 3 is 2.85 bits per heavy atom.